The maximum Gasteiger partial charge on any atom is 0.336 e. The number of hydrogen-bond donors (Lipinski definition) is 0. The molecule has 0 bridgehead atoms. The second-order valence-corrected chi connectivity index (χ2v) is 8.60. The van der Waals surface area contributed by atoms with E-state index in [1.807, 2.05) is 30.3 Å². The summed E-state index contributed by atoms with van der Waals surface area (Å²) in [5.74, 6) is -0.181. The van der Waals surface area contributed by atoms with E-state index in [2.05, 4.69) is 25.7 Å². The molecule has 1 atom stereocenters. The Hall–Kier alpha value is -2.36. The van der Waals surface area contributed by atoms with E-state index in [4.69, 9.17) is 4.74 Å². The number of anilines is 1. The highest BCUT2D eigenvalue weighted by molar-refractivity contribution is 6.05. The van der Waals surface area contributed by atoms with Crippen LogP contribution < -0.4 is 4.90 Å². The van der Waals surface area contributed by atoms with Gasteiger partial charge >= 0.3 is 5.97 Å². The Kier molecular flexibility index (Phi) is 4.45. The van der Waals surface area contributed by atoms with Crippen LogP contribution >= 0.6 is 0 Å². The van der Waals surface area contributed by atoms with Gasteiger partial charge < -0.3 is 9.64 Å². The third kappa shape index (κ3) is 3.01. The molecular formula is C23H27NO3. The van der Waals surface area contributed by atoms with Crippen molar-refractivity contribution < 1.29 is 14.3 Å². The molecule has 142 valence electrons. The lowest BCUT2D eigenvalue weighted by molar-refractivity contribution is -0.136. The molecule has 4 heteroatoms. The first kappa shape index (κ1) is 18.0. The number of cyclic esters (lactones) is 1. The molecule has 0 saturated carbocycles. The van der Waals surface area contributed by atoms with Gasteiger partial charge in [-0.05, 0) is 30.4 Å². The summed E-state index contributed by atoms with van der Waals surface area (Å²) in [5, 5.41) is 0. The van der Waals surface area contributed by atoms with Crippen LogP contribution in [0.1, 0.15) is 52.9 Å². The summed E-state index contributed by atoms with van der Waals surface area (Å²) in [6.07, 6.45) is 4.23. The van der Waals surface area contributed by atoms with Crippen LogP contribution in [0.25, 0.3) is 0 Å². The minimum Gasteiger partial charge on any atom is -0.456 e. The summed E-state index contributed by atoms with van der Waals surface area (Å²) in [6, 6.07) is 10.0. The number of nitrogens with zero attached hydrogens (tertiary/aromatic N) is 1. The van der Waals surface area contributed by atoms with Crippen LogP contribution in [0, 0.1) is 11.3 Å². The number of ether oxygens (including phenoxy) is 1. The van der Waals surface area contributed by atoms with Gasteiger partial charge in [0, 0.05) is 29.3 Å². The van der Waals surface area contributed by atoms with Gasteiger partial charge in [0.15, 0.2) is 5.78 Å². The monoisotopic (exact) mass is 365 g/mol. The van der Waals surface area contributed by atoms with Crippen LogP contribution in [-0.2, 0) is 14.3 Å². The summed E-state index contributed by atoms with van der Waals surface area (Å²) in [5.41, 5.74) is 4.47. The van der Waals surface area contributed by atoms with E-state index >= 15 is 0 Å². The SMILES string of the molecule is CCCCC1C2=C(CC(C)(C)CC2=O)N(c2ccccc2)C2=C1C(=O)OC2. The predicted molar refractivity (Wildman–Crippen MR) is 105 cm³/mol. The van der Waals surface area contributed by atoms with Gasteiger partial charge in [-0.1, -0.05) is 51.8 Å². The molecule has 3 aliphatic rings. The lowest BCUT2D eigenvalue weighted by atomic mass is 9.68. The van der Waals surface area contributed by atoms with E-state index in [1.54, 1.807) is 0 Å². The molecule has 0 spiro atoms. The van der Waals surface area contributed by atoms with Gasteiger partial charge in [-0.15, -0.1) is 0 Å². The molecule has 4 nitrogen and oxygen atoms in total. The summed E-state index contributed by atoms with van der Waals surface area (Å²) < 4.78 is 5.46. The van der Waals surface area contributed by atoms with Crippen molar-refractivity contribution in [2.24, 2.45) is 11.3 Å². The molecule has 1 aromatic carbocycles. The molecule has 0 radical (unpaired) electrons. The number of para-hydroxylation sites is 1. The lowest BCUT2D eigenvalue weighted by Crippen LogP contribution is -2.41. The molecule has 0 aromatic heterocycles. The number of rotatable bonds is 4. The summed E-state index contributed by atoms with van der Waals surface area (Å²) in [7, 11) is 0. The molecule has 2 heterocycles. The molecule has 4 rings (SSSR count). The number of esters is 1. The minimum atomic E-state index is -0.254. The zero-order chi connectivity index (χ0) is 19.2. The number of benzene rings is 1. The summed E-state index contributed by atoms with van der Waals surface area (Å²) in [4.78, 5) is 28.0. The normalized spacial score (nSPS) is 24.1. The van der Waals surface area contributed by atoms with Crippen molar-refractivity contribution in [3.05, 3.63) is 52.9 Å². The van der Waals surface area contributed by atoms with Crippen molar-refractivity contribution in [1.82, 2.24) is 0 Å². The van der Waals surface area contributed by atoms with Crippen LogP contribution in [-0.4, -0.2) is 18.4 Å². The van der Waals surface area contributed by atoms with Crippen molar-refractivity contribution in [3.63, 3.8) is 0 Å². The number of carbonyl (C=O) groups excluding carboxylic acids is 2. The minimum absolute atomic E-state index is 0.0835. The Morgan fingerprint density at radius 1 is 1.07 bits per heavy atom. The molecule has 0 amide bonds. The average molecular weight is 365 g/mol. The van der Waals surface area contributed by atoms with Gasteiger partial charge in [0.25, 0.3) is 0 Å². The van der Waals surface area contributed by atoms with Crippen LogP contribution in [0.3, 0.4) is 0 Å². The highest BCUT2D eigenvalue weighted by Gasteiger charge is 2.48. The van der Waals surface area contributed by atoms with E-state index in [0.29, 0.717) is 12.0 Å². The first-order valence-electron chi connectivity index (χ1n) is 9.94. The molecule has 1 unspecified atom stereocenters. The van der Waals surface area contributed by atoms with Crippen LogP contribution in [0.15, 0.2) is 52.9 Å². The average Bonchev–Trinajstić information content (AvgIpc) is 3.00. The fourth-order valence-electron chi connectivity index (χ4n) is 4.73. The lowest BCUT2D eigenvalue weighted by Gasteiger charge is -2.43. The Balaban J connectivity index is 1.92. The largest absolute Gasteiger partial charge is 0.456 e. The second kappa shape index (κ2) is 6.66. The molecule has 27 heavy (non-hydrogen) atoms. The number of ketones is 1. The fraction of sp³-hybridized carbons (Fsp3) is 0.478. The number of allylic oxidation sites excluding steroid dienone is 2. The Labute approximate surface area is 160 Å². The summed E-state index contributed by atoms with van der Waals surface area (Å²) >= 11 is 0. The van der Waals surface area contributed by atoms with E-state index in [1.165, 1.54) is 0 Å². The molecule has 0 fully saturated rings. The van der Waals surface area contributed by atoms with Crippen molar-refractivity contribution >= 4 is 17.4 Å². The molecule has 1 aliphatic carbocycles. The van der Waals surface area contributed by atoms with Gasteiger partial charge in [0.2, 0.25) is 0 Å². The standard InChI is InChI=1S/C23H27NO3/c1-4-5-11-16-20-17(12-23(2,3)13-19(20)25)24(15-9-7-6-8-10-15)18-14-27-22(26)21(16)18/h6-10,16H,4-5,11-14H2,1-3H3. The van der Waals surface area contributed by atoms with Crippen LogP contribution in [0.2, 0.25) is 0 Å². The maximum absolute atomic E-state index is 13.2. The Morgan fingerprint density at radius 3 is 2.52 bits per heavy atom. The van der Waals surface area contributed by atoms with Crippen LogP contribution in [0.5, 0.6) is 0 Å². The van der Waals surface area contributed by atoms with Crippen LogP contribution in [0.4, 0.5) is 5.69 Å². The van der Waals surface area contributed by atoms with Gasteiger partial charge in [-0.25, -0.2) is 4.79 Å². The molecule has 0 N–H and O–H groups in total. The maximum atomic E-state index is 13.2. The number of hydrogen-bond acceptors (Lipinski definition) is 4. The number of carbonyl (C=O) groups is 2. The zero-order valence-corrected chi connectivity index (χ0v) is 16.4. The second-order valence-electron chi connectivity index (χ2n) is 8.60. The quantitative estimate of drug-likeness (QED) is 0.721. The topological polar surface area (TPSA) is 46.6 Å². The van der Waals surface area contributed by atoms with Crippen molar-refractivity contribution in [3.8, 4) is 0 Å². The predicted octanol–water partition coefficient (Wildman–Crippen LogP) is 4.77. The van der Waals surface area contributed by atoms with Gasteiger partial charge in [0.1, 0.15) is 6.61 Å². The van der Waals surface area contributed by atoms with Crippen molar-refractivity contribution in [2.75, 3.05) is 11.5 Å². The number of unbranched alkanes of at least 4 members (excludes halogenated alkanes) is 1. The highest BCUT2D eigenvalue weighted by Crippen LogP contribution is 2.50. The van der Waals surface area contributed by atoms with E-state index < -0.39 is 0 Å². The summed E-state index contributed by atoms with van der Waals surface area (Å²) in [6.45, 7) is 6.73. The molecule has 2 aliphatic heterocycles. The Morgan fingerprint density at radius 2 is 1.81 bits per heavy atom. The third-order valence-electron chi connectivity index (χ3n) is 5.86. The molecular weight excluding hydrogens is 338 g/mol. The van der Waals surface area contributed by atoms with Gasteiger partial charge in [-0.3, -0.25) is 4.79 Å². The highest BCUT2D eigenvalue weighted by atomic mass is 16.5. The third-order valence-corrected chi connectivity index (χ3v) is 5.86. The smallest absolute Gasteiger partial charge is 0.336 e. The zero-order valence-electron chi connectivity index (χ0n) is 16.4. The van der Waals surface area contributed by atoms with E-state index in [0.717, 1.165) is 48.3 Å². The van der Waals surface area contributed by atoms with Crippen molar-refractivity contribution in [2.45, 2.75) is 52.9 Å². The van der Waals surface area contributed by atoms with Gasteiger partial charge in [-0.2, -0.15) is 0 Å². The van der Waals surface area contributed by atoms with Gasteiger partial charge in [0.05, 0.1) is 11.3 Å². The first-order chi connectivity index (χ1) is 12.9. The Bertz CT molecular complexity index is 848. The molecule has 1 aromatic rings. The van der Waals surface area contributed by atoms with E-state index in [9.17, 15) is 9.59 Å². The first-order valence-corrected chi connectivity index (χ1v) is 9.94. The van der Waals surface area contributed by atoms with Crippen molar-refractivity contribution in [1.29, 1.82) is 0 Å². The fourth-order valence-corrected chi connectivity index (χ4v) is 4.73. The molecule has 0 saturated heterocycles. The van der Waals surface area contributed by atoms with E-state index in [-0.39, 0.29) is 29.7 Å². The number of Topliss-reactive ketones (excluding diaryl/α,β-unsaturated/α-hetero) is 1.